The third-order valence-corrected chi connectivity index (χ3v) is 2.11. The summed E-state index contributed by atoms with van der Waals surface area (Å²) in [5, 5.41) is 0. The van der Waals surface area contributed by atoms with E-state index < -0.39 is 0 Å². The van der Waals surface area contributed by atoms with Gasteiger partial charge in [0.25, 0.3) is 0 Å². The highest BCUT2D eigenvalue weighted by atomic mass is 19.1. The summed E-state index contributed by atoms with van der Waals surface area (Å²) >= 11 is 0. The number of hydrogen-bond acceptors (Lipinski definition) is 2. The van der Waals surface area contributed by atoms with Crippen LogP contribution in [0.4, 0.5) is 10.1 Å². The molecule has 0 saturated carbocycles. The molecule has 0 atom stereocenters. The monoisotopic (exact) mass is 204 g/mol. The number of H-pyrrole nitrogens is 1. The van der Waals surface area contributed by atoms with Gasteiger partial charge in [-0.3, -0.25) is 4.79 Å². The molecule has 0 fully saturated rings. The predicted octanol–water partition coefficient (Wildman–Crippen LogP) is 1.76. The number of anilines is 1. The van der Waals surface area contributed by atoms with Gasteiger partial charge in [-0.05, 0) is 24.3 Å². The number of halogens is 1. The zero-order valence-corrected chi connectivity index (χ0v) is 7.83. The minimum Gasteiger partial charge on any atom is -0.398 e. The van der Waals surface area contributed by atoms with Crippen molar-refractivity contribution in [1.82, 2.24) is 4.98 Å². The standard InChI is InChI=1S/C11H9FN2O/c12-8-2-3-9(10(13)5-8)7-1-4-11(15)14-6-7/h1-6H,13H2,(H,14,15). The van der Waals surface area contributed by atoms with Crippen LogP contribution in [0.2, 0.25) is 0 Å². The van der Waals surface area contributed by atoms with Gasteiger partial charge in [-0.15, -0.1) is 0 Å². The largest absolute Gasteiger partial charge is 0.398 e. The summed E-state index contributed by atoms with van der Waals surface area (Å²) in [6, 6.07) is 7.20. The molecule has 3 nitrogen and oxygen atoms in total. The lowest BCUT2D eigenvalue weighted by Gasteiger charge is -2.04. The van der Waals surface area contributed by atoms with Crippen LogP contribution in [-0.4, -0.2) is 4.98 Å². The molecule has 15 heavy (non-hydrogen) atoms. The molecule has 76 valence electrons. The van der Waals surface area contributed by atoms with E-state index in [0.717, 1.165) is 5.56 Å². The van der Waals surface area contributed by atoms with Gasteiger partial charge in [0.15, 0.2) is 0 Å². The quantitative estimate of drug-likeness (QED) is 0.695. The summed E-state index contributed by atoms with van der Waals surface area (Å²) in [6.45, 7) is 0. The molecule has 1 heterocycles. The molecule has 1 aromatic carbocycles. The lowest BCUT2D eigenvalue weighted by atomic mass is 10.1. The van der Waals surface area contributed by atoms with Crippen LogP contribution in [0.1, 0.15) is 0 Å². The van der Waals surface area contributed by atoms with E-state index in [4.69, 9.17) is 5.73 Å². The van der Waals surface area contributed by atoms with Gasteiger partial charge in [-0.1, -0.05) is 0 Å². The summed E-state index contributed by atoms with van der Waals surface area (Å²) in [5.41, 5.74) is 7.29. The van der Waals surface area contributed by atoms with Gasteiger partial charge in [-0.25, -0.2) is 4.39 Å². The molecule has 0 radical (unpaired) electrons. The Morgan fingerprint density at radius 2 is 2.00 bits per heavy atom. The molecule has 0 amide bonds. The Morgan fingerprint density at radius 3 is 2.60 bits per heavy atom. The Bertz CT molecular complexity index is 528. The number of nitrogens with two attached hydrogens (primary N) is 1. The van der Waals surface area contributed by atoms with Crippen molar-refractivity contribution < 1.29 is 4.39 Å². The molecule has 3 N–H and O–H groups in total. The van der Waals surface area contributed by atoms with Gasteiger partial charge in [0.1, 0.15) is 5.82 Å². The highest BCUT2D eigenvalue weighted by Gasteiger charge is 2.03. The van der Waals surface area contributed by atoms with Gasteiger partial charge in [0.05, 0.1) is 0 Å². The second kappa shape index (κ2) is 3.57. The maximum atomic E-state index is 12.8. The van der Waals surface area contributed by atoms with E-state index in [9.17, 15) is 9.18 Å². The van der Waals surface area contributed by atoms with Crippen LogP contribution in [0.25, 0.3) is 11.1 Å². The Labute approximate surface area is 85.4 Å². The number of benzene rings is 1. The highest BCUT2D eigenvalue weighted by molar-refractivity contribution is 5.75. The summed E-state index contributed by atoms with van der Waals surface area (Å²) in [6.07, 6.45) is 1.55. The predicted molar refractivity (Wildman–Crippen MR) is 56.9 cm³/mol. The second-order valence-electron chi connectivity index (χ2n) is 3.17. The first-order valence-electron chi connectivity index (χ1n) is 4.41. The first-order valence-corrected chi connectivity index (χ1v) is 4.41. The summed E-state index contributed by atoms with van der Waals surface area (Å²) < 4.78 is 12.8. The number of nitrogens with one attached hydrogen (secondary N) is 1. The number of aromatic nitrogens is 1. The number of nitrogen functional groups attached to an aromatic ring is 1. The minimum absolute atomic E-state index is 0.181. The summed E-state index contributed by atoms with van der Waals surface area (Å²) in [4.78, 5) is 13.4. The molecule has 0 aliphatic carbocycles. The molecule has 0 saturated heterocycles. The molecular weight excluding hydrogens is 195 g/mol. The number of aromatic amines is 1. The van der Waals surface area contributed by atoms with Crippen LogP contribution in [0.5, 0.6) is 0 Å². The Balaban J connectivity index is 2.54. The highest BCUT2D eigenvalue weighted by Crippen LogP contribution is 2.24. The molecule has 1 aromatic heterocycles. The van der Waals surface area contributed by atoms with Crippen molar-refractivity contribution in [2.75, 3.05) is 5.73 Å². The van der Waals surface area contributed by atoms with Crippen molar-refractivity contribution in [1.29, 1.82) is 0 Å². The lowest BCUT2D eigenvalue weighted by Crippen LogP contribution is -2.02. The van der Waals surface area contributed by atoms with Crippen LogP contribution in [0.3, 0.4) is 0 Å². The fraction of sp³-hybridized carbons (Fsp3) is 0. The van der Waals surface area contributed by atoms with Crippen LogP contribution in [-0.2, 0) is 0 Å². The van der Waals surface area contributed by atoms with E-state index in [2.05, 4.69) is 4.98 Å². The van der Waals surface area contributed by atoms with Gasteiger partial charge in [0, 0.05) is 29.1 Å². The molecule has 0 unspecified atom stereocenters. The van der Waals surface area contributed by atoms with E-state index in [1.165, 1.54) is 18.2 Å². The SMILES string of the molecule is Nc1cc(F)ccc1-c1ccc(=O)[nH]c1. The van der Waals surface area contributed by atoms with E-state index in [1.807, 2.05) is 0 Å². The fourth-order valence-electron chi connectivity index (χ4n) is 1.37. The smallest absolute Gasteiger partial charge is 0.247 e. The third-order valence-electron chi connectivity index (χ3n) is 2.11. The summed E-state index contributed by atoms with van der Waals surface area (Å²) in [7, 11) is 0. The molecule has 0 aliphatic rings. The van der Waals surface area contributed by atoms with Crippen LogP contribution < -0.4 is 11.3 Å². The third kappa shape index (κ3) is 1.88. The normalized spacial score (nSPS) is 10.2. The number of pyridine rings is 1. The van der Waals surface area contributed by atoms with Crippen molar-refractivity contribution in [2.45, 2.75) is 0 Å². The lowest BCUT2D eigenvalue weighted by molar-refractivity contribution is 0.628. The van der Waals surface area contributed by atoms with E-state index in [1.54, 1.807) is 18.3 Å². The minimum atomic E-state index is -0.374. The second-order valence-corrected chi connectivity index (χ2v) is 3.17. The van der Waals surface area contributed by atoms with Crippen LogP contribution in [0, 0.1) is 5.82 Å². The van der Waals surface area contributed by atoms with Crippen LogP contribution in [0.15, 0.2) is 41.3 Å². The Morgan fingerprint density at radius 1 is 1.20 bits per heavy atom. The van der Waals surface area contributed by atoms with Crippen LogP contribution >= 0.6 is 0 Å². The van der Waals surface area contributed by atoms with Crippen molar-refractivity contribution in [3.8, 4) is 11.1 Å². The average molecular weight is 204 g/mol. The van der Waals surface area contributed by atoms with Gasteiger partial charge in [0.2, 0.25) is 5.56 Å². The van der Waals surface area contributed by atoms with Gasteiger partial charge in [-0.2, -0.15) is 0 Å². The fourth-order valence-corrected chi connectivity index (χ4v) is 1.37. The maximum Gasteiger partial charge on any atom is 0.247 e. The van der Waals surface area contributed by atoms with E-state index >= 15 is 0 Å². The molecule has 2 aromatic rings. The van der Waals surface area contributed by atoms with E-state index in [-0.39, 0.29) is 11.4 Å². The zero-order valence-electron chi connectivity index (χ0n) is 7.83. The number of rotatable bonds is 1. The van der Waals surface area contributed by atoms with Gasteiger partial charge < -0.3 is 10.7 Å². The van der Waals surface area contributed by atoms with Crippen molar-refractivity contribution in [3.63, 3.8) is 0 Å². The van der Waals surface area contributed by atoms with Gasteiger partial charge >= 0.3 is 0 Å². The Kier molecular flexibility index (Phi) is 2.25. The van der Waals surface area contributed by atoms with Crippen molar-refractivity contribution in [2.24, 2.45) is 0 Å². The zero-order chi connectivity index (χ0) is 10.8. The Hall–Kier alpha value is -2.10. The topological polar surface area (TPSA) is 58.9 Å². The summed E-state index contributed by atoms with van der Waals surface area (Å²) in [5.74, 6) is -0.374. The molecule has 4 heteroatoms. The molecule has 0 aliphatic heterocycles. The molecule has 2 rings (SSSR count). The van der Waals surface area contributed by atoms with Crippen molar-refractivity contribution in [3.05, 3.63) is 52.7 Å². The first kappa shape index (κ1) is 9.45. The van der Waals surface area contributed by atoms with Crippen molar-refractivity contribution >= 4 is 5.69 Å². The molecular formula is C11H9FN2O. The first-order chi connectivity index (χ1) is 7.16. The molecule has 0 bridgehead atoms. The molecule has 0 spiro atoms. The van der Waals surface area contributed by atoms with E-state index in [0.29, 0.717) is 11.3 Å². The average Bonchev–Trinajstić information content (AvgIpc) is 2.20. The number of hydrogen-bond donors (Lipinski definition) is 2. The maximum absolute atomic E-state index is 12.8.